The molecular formula is C13H10N2O2. The van der Waals surface area contributed by atoms with Crippen LogP contribution >= 0.6 is 0 Å². The van der Waals surface area contributed by atoms with Gasteiger partial charge in [-0.1, -0.05) is 12.1 Å². The van der Waals surface area contributed by atoms with Gasteiger partial charge in [0.25, 0.3) is 0 Å². The van der Waals surface area contributed by atoms with Crippen LogP contribution in [0.1, 0.15) is 0 Å². The quantitative estimate of drug-likeness (QED) is 0.626. The molecule has 0 aliphatic carbocycles. The first kappa shape index (κ1) is 9.72. The Balaban J connectivity index is 2.31. The minimum atomic E-state index is 0.103. The molecule has 4 nitrogen and oxygen atoms in total. The predicted octanol–water partition coefficient (Wildman–Crippen LogP) is 2.44. The van der Waals surface area contributed by atoms with Gasteiger partial charge in [-0.15, -0.1) is 0 Å². The molecule has 4 heteroatoms. The second-order valence-electron chi connectivity index (χ2n) is 3.78. The van der Waals surface area contributed by atoms with E-state index in [0.29, 0.717) is 5.69 Å². The Kier molecular flexibility index (Phi) is 2.01. The molecule has 0 spiro atoms. The SMILES string of the molecule is Oc1ccc(O)c(-n2cnc3ccccc32)c1. The van der Waals surface area contributed by atoms with Crippen LogP contribution < -0.4 is 0 Å². The Morgan fingerprint density at radius 1 is 1.00 bits per heavy atom. The van der Waals surface area contributed by atoms with Gasteiger partial charge in [0.15, 0.2) is 0 Å². The molecule has 84 valence electrons. The van der Waals surface area contributed by atoms with Gasteiger partial charge in [-0.05, 0) is 24.3 Å². The van der Waals surface area contributed by atoms with Crippen LogP contribution in [0.4, 0.5) is 0 Å². The van der Waals surface area contributed by atoms with E-state index in [-0.39, 0.29) is 11.5 Å². The Morgan fingerprint density at radius 3 is 2.71 bits per heavy atom. The van der Waals surface area contributed by atoms with E-state index < -0.39 is 0 Å². The number of aromatic hydroxyl groups is 2. The van der Waals surface area contributed by atoms with Crippen LogP contribution in [-0.2, 0) is 0 Å². The Labute approximate surface area is 97.4 Å². The zero-order valence-electron chi connectivity index (χ0n) is 8.91. The van der Waals surface area contributed by atoms with Gasteiger partial charge in [0.05, 0.1) is 16.7 Å². The van der Waals surface area contributed by atoms with Crippen molar-refractivity contribution in [1.29, 1.82) is 0 Å². The molecule has 3 aromatic rings. The third kappa shape index (κ3) is 1.50. The lowest BCUT2D eigenvalue weighted by Gasteiger charge is -2.07. The molecule has 0 aliphatic rings. The van der Waals surface area contributed by atoms with Crippen LogP contribution in [0, 0.1) is 0 Å². The van der Waals surface area contributed by atoms with Crippen LogP contribution in [0.5, 0.6) is 11.5 Å². The maximum Gasteiger partial charge on any atom is 0.139 e. The third-order valence-electron chi connectivity index (χ3n) is 2.67. The van der Waals surface area contributed by atoms with Gasteiger partial charge < -0.3 is 10.2 Å². The summed E-state index contributed by atoms with van der Waals surface area (Å²) in [5, 5.41) is 19.3. The van der Waals surface area contributed by atoms with Crippen molar-refractivity contribution < 1.29 is 10.2 Å². The van der Waals surface area contributed by atoms with Crippen molar-refractivity contribution in [2.75, 3.05) is 0 Å². The Bertz CT molecular complexity index is 689. The van der Waals surface area contributed by atoms with Crippen molar-refractivity contribution in [2.45, 2.75) is 0 Å². The van der Waals surface area contributed by atoms with E-state index in [4.69, 9.17) is 0 Å². The first-order valence-electron chi connectivity index (χ1n) is 5.20. The zero-order chi connectivity index (χ0) is 11.8. The van der Waals surface area contributed by atoms with E-state index >= 15 is 0 Å². The van der Waals surface area contributed by atoms with Crippen LogP contribution in [0.3, 0.4) is 0 Å². The summed E-state index contributed by atoms with van der Waals surface area (Å²) in [6.07, 6.45) is 1.62. The number of imidazole rings is 1. The first-order valence-corrected chi connectivity index (χ1v) is 5.20. The van der Waals surface area contributed by atoms with Gasteiger partial charge in [0.1, 0.15) is 17.8 Å². The molecular weight excluding hydrogens is 216 g/mol. The summed E-state index contributed by atoms with van der Waals surface area (Å²) in [5.74, 6) is 0.210. The predicted molar refractivity (Wildman–Crippen MR) is 64.4 cm³/mol. The number of nitrogens with zero attached hydrogens (tertiary/aromatic N) is 2. The molecule has 2 N–H and O–H groups in total. The highest BCUT2D eigenvalue weighted by Crippen LogP contribution is 2.28. The number of benzene rings is 2. The van der Waals surface area contributed by atoms with Crippen molar-refractivity contribution in [3.05, 3.63) is 48.8 Å². The molecule has 0 aliphatic heterocycles. The number of rotatable bonds is 1. The normalized spacial score (nSPS) is 10.8. The maximum absolute atomic E-state index is 9.81. The van der Waals surface area contributed by atoms with Gasteiger partial charge >= 0.3 is 0 Å². The molecule has 17 heavy (non-hydrogen) atoms. The molecule has 1 aromatic heterocycles. The molecule has 0 atom stereocenters. The fraction of sp³-hybridized carbons (Fsp3) is 0. The van der Waals surface area contributed by atoms with Gasteiger partial charge in [-0.3, -0.25) is 4.57 Å². The second kappa shape index (κ2) is 3.52. The summed E-state index contributed by atoms with van der Waals surface area (Å²) in [4.78, 5) is 4.24. The molecule has 0 saturated heterocycles. The summed E-state index contributed by atoms with van der Waals surface area (Å²) in [5.41, 5.74) is 2.24. The van der Waals surface area contributed by atoms with Gasteiger partial charge in [-0.25, -0.2) is 4.98 Å². The van der Waals surface area contributed by atoms with Crippen molar-refractivity contribution in [2.24, 2.45) is 0 Å². The smallest absolute Gasteiger partial charge is 0.139 e. The Hall–Kier alpha value is -2.49. The first-order chi connectivity index (χ1) is 8.25. The monoisotopic (exact) mass is 226 g/mol. The molecule has 0 unspecified atom stereocenters. The van der Waals surface area contributed by atoms with Gasteiger partial charge in [-0.2, -0.15) is 0 Å². The summed E-state index contributed by atoms with van der Waals surface area (Å²) < 4.78 is 1.74. The minimum absolute atomic E-state index is 0.103. The van der Waals surface area contributed by atoms with Crippen LogP contribution in [-0.4, -0.2) is 19.8 Å². The highest BCUT2D eigenvalue weighted by Gasteiger charge is 2.08. The van der Waals surface area contributed by atoms with Gasteiger partial charge in [0, 0.05) is 6.07 Å². The molecule has 2 aromatic carbocycles. The average Bonchev–Trinajstić information content (AvgIpc) is 2.76. The maximum atomic E-state index is 9.81. The second-order valence-corrected chi connectivity index (χ2v) is 3.78. The highest BCUT2D eigenvalue weighted by molar-refractivity contribution is 5.78. The van der Waals surface area contributed by atoms with Crippen molar-refractivity contribution in [1.82, 2.24) is 9.55 Å². The third-order valence-corrected chi connectivity index (χ3v) is 2.67. The van der Waals surface area contributed by atoms with E-state index in [1.165, 1.54) is 18.2 Å². The van der Waals surface area contributed by atoms with Crippen molar-refractivity contribution in [3.8, 4) is 17.2 Å². The number of phenols is 2. The van der Waals surface area contributed by atoms with Crippen LogP contribution in [0.25, 0.3) is 16.7 Å². The molecule has 0 amide bonds. The number of hydrogen-bond acceptors (Lipinski definition) is 3. The molecule has 0 radical (unpaired) electrons. The molecule has 1 heterocycles. The zero-order valence-corrected chi connectivity index (χ0v) is 8.91. The summed E-state index contributed by atoms with van der Waals surface area (Å²) >= 11 is 0. The lowest BCUT2D eigenvalue weighted by Crippen LogP contribution is -1.92. The lowest BCUT2D eigenvalue weighted by atomic mass is 10.2. The average molecular weight is 226 g/mol. The Morgan fingerprint density at radius 2 is 1.82 bits per heavy atom. The lowest BCUT2D eigenvalue weighted by molar-refractivity contribution is 0.458. The van der Waals surface area contributed by atoms with E-state index in [2.05, 4.69) is 4.98 Å². The summed E-state index contributed by atoms with van der Waals surface area (Å²) in [7, 11) is 0. The van der Waals surface area contributed by atoms with E-state index in [9.17, 15) is 10.2 Å². The summed E-state index contributed by atoms with van der Waals surface area (Å²) in [6.45, 7) is 0. The molecule has 0 bridgehead atoms. The van der Waals surface area contributed by atoms with E-state index in [1.54, 1.807) is 10.9 Å². The fourth-order valence-electron chi connectivity index (χ4n) is 1.86. The van der Waals surface area contributed by atoms with Crippen molar-refractivity contribution in [3.63, 3.8) is 0 Å². The van der Waals surface area contributed by atoms with Crippen molar-refractivity contribution >= 4 is 11.0 Å². The highest BCUT2D eigenvalue weighted by atomic mass is 16.3. The largest absolute Gasteiger partial charge is 0.508 e. The number of hydrogen-bond donors (Lipinski definition) is 2. The molecule has 3 rings (SSSR count). The van der Waals surface area contributed by atoms with E-state index in [0.717, 1.165) is 11.0 Å². The standard InChI is InChI=1S/C13H10N2O2/c16-9-5-6-13(17)12(7-9)15-8-14-10-3-1-2-4-11(10)15/h1-8,16-17H. The minimum Gasteiger partial charge on any atom is -0.508 e. The number of aromatic nitrogens is 2. The van der Waals surface area contributed by atoms with Gasteiger partial charge in [0.2, 0.25) is 0 Å². The number of para-hydroxylation sites is 2. The number of phenolic OH excluding ortho intramolecular Hbond substituents is 2. The summed E-state index contributed by atoms with van der Waals surface area (Å²) in [6, 6.07) is 12.0. The molecule has 0 fully saturated rings. The molecule has 0 saturated carbocycles. The van der Waals surface area contributed by atoms with Crippen LogP contribution in [0.2, 0.25) is 0 Å². The van der Waals surface area contributed by atoms with Crippen LogP contribution in [0.15, 0.2) is 48.8 Å². The topological polar surface area (TPSA) is 58.3 Å². The fourth-order valence-corrected chi connectivity index (χ4v) is 1.86. The number of fused-ring (bicyclic) bond motifs is 1. The van der Waals surface area contributed by atoms with E-state index in [1.807, 2.05) is 24.3 Å².